The molecule has 1 heterocycles. The summed E-state index contributed by atoms with van der Waals surface area (Å²) in [5, 5.41) is 13.1. The largest absolute Gasteiger partial charge is 0.351 e. The van der Waals surface area contributed by atoms with E-state index in [0.29, 0.717) is 23.1 Å². The lowest BCUT2D eigenvalue weighted by molar-refractivity contribution is -0.118. The van der Waals surface area contributed by atoms with Gasteiger partial charge in [-0.05, 0) is 42.3 Å². The first-order valence-electron chi connectivity index (χ1n) is 10.3. The third-order valence-electron chi connectivity index (χ3n) is 4.93. The molecule has 1 N–H and O–H groups in total. The highest BCUT2D eigenvalue weighted by atomic mass is 35.5. The van der Waals surface area contributed by atoms with Crippen molar-refractivity contribution in [2.24, 2.45) is 0 Å². The Morgan fingerprint density at radius 2 is 1.66 bits per heavy atom. The van der Waals surface area contributed by atoms with Crippen molar-refractivity contribution in [1.29, 1.82) is 0 Å². The summed E-state index contributed by atoms with van der Waals surface area (Å²) in [5.74, 6) is 1.01. The molecule has 0 saturated carbocycles. The van der Waals surface area contributed by atoms with Gasteiger partial charge in [-0.25, -0.2) is 0 Å². The maximum Gasteiger partial charge on any atom is 0.230 e. The van der Waals surface area contributed by atoms with Gasteiger partial charge in [0.25, 0.3) is 0 Å². The van der Waals surface area contributed by atoms with Crippen LogP contribution < -0.4 is 5.32 Å². The number of hydrogen-bond acceptors (Lipinski definition) is 4. The summed E-state index contributed by atoms with van der Waals surface area (Å²) >= 11 is 7.45. The van der Waals surface area contributed by atoms with Crippen molar-refractivity contribution in [3.05, 3.63) is 106 Å². The van der Waals surface area contributed by atoms with Crippen molar-refractivity contribution in [2.75, 3.05) is 5.75 Å². The Labute approximate surface area is 196 Å². The van der Waals surface area contributed by atoms with E-state index in [4.69, 9.17) is 11.6 Å². The fourth-order valence-electron chi connectivity index (χ4n) is 3.22. The molecule has 1 aromatic heterocycles. The summed E-state index contributed by atoms with van der Waals surface area (Å²) in [6, 6.07) is 25.8. The highest BCUT2D eigenvalue weighted by Gasteiger charge is 2.16. The number of rotatable bonds is 8. The van der Waals surface area contributed by atoms with Gasteiger partial charge in [-0.15, -0.1) is 10.2 Å². The average Bonchev–Trinajstić information content (AvgIpc) is 3.21. The van der Waals surface area contributed by atoms with Crippen molar-refractivity contribution in [3.63, 3.8) is 0 Å². The van der Waals surface area contributed by atoms with Crippen LogP contribution in [0, 0.1) is 6.92 Å². The van der Waals surface area contributed by atoms with Gasteiger partial charge in [0.2, 0.25) is 5.91 Å². The average molecular weight is 463 g/mol. The summed E-state index contributed by atoms with van der Waals surface area (Å²) in [5.41, 5.74) is 4.32. The minimum Gasteiger partial charge on any atom is -0.351 e. The van der Waals surface area contributed by atoms with Crippen LogP contribution in [0.1, 0.15) is 22.5 Å². The quantitative estimate of drug-likeness (QED) is 0.364. The monoisotopic (exact) mass is 462 g/mol. The number of hydrogen-bond donors (Lipinski definition) is 1. The fourth-order valence-corrected chi connectivity index (χ4v) is 4.15. The molecular formula is C25H23ClN4OS. The van der Waals surface area contributed by atoms with E-state index >= 15 is 0 Å². The molecule has 0 saturated heterocycles. The predicted molar refractivity (Wildman–Crippen MR) is 129 cm³/mol. The topological polar surface area (TPSA) is 59.8 Å². The summed E-state index contributed by atoms with van der Waals surface area (Å²) in [6.45, 7) is 2.55. The molecular weight excluding hydrogens is 440 g/mol. The van der Waals surface area contributed by atoms with E-state index in [1.165, 1.54) is 17.3 Å². The number of carbonyl (C=O) groups excluding carboxylic acids is 1. The van der Waals surface area contributed by atoms with Gasteiger partial charge >= 0.3 is 0 Å². The van der Waals surface area contributed by atoms with E-state index in [2.05, 4.69) is 27.6 Å². The van der Waals surface area contributed by atoms with Crippen LogP contribution in [0.25, 0.3) is 5.69 Å². The second-order valence-corrected chi connectivity index (χ2v) is 8.80. The van der Waals surface area contributed by atoms with Gasteiger partial charge < -0.3 is 5.32 Å². The minimum atomic E-state index is -0.0501. The summed E-state index contributed by atoms with van der Waals surface area (Å²) in [4.78, 5) is 12.4. The minimum absolute atomic E-state index is 0.0501. The molecule has 0 fully saturated rings. The van der Waals surface area contributed by atoms with E-state index in [1.54, 1.807) is 0 Å². The molecule has 5 nitrogen and oxygen atoms in total. The van der Waals surface area contributed by atoms with Gasteiger partial charge in [0.15, 0.2) is 5.16 Å². The van der Waals surface area contributed by atoms with Crippen LogP contribution in [-0.2, 0) is 17.8 Å². The highest BCUT2D eigenvalue weighted by molar-refractivity contribution is 7.99. The number of aromatic nitrogens is 3. The van der Waals surface area contributed by atoms with Crippen LogP contribution in [0.3, 0.4) is 0 Å². The van der Waals surface area contributed by atoms with Crippen molar-refractivity contribution in [2.45, 2.75) is 25.0 Å². The lowest BCUT2D eigenvalue weighted by Gasteiger charge is -2.11. The normalized spacial score (nSPS) is 10.8. The molecule has 0 radical (unpaired) electrons. The molecule has 0 spiro atoms. The Morgan fingerprint density at radius 3 is 2.38 bits per heavy atom. The zero-order valence-corrected chi connectivity index (χ0v) is 19.2. The smallest absolute Gasteiger partial charge is 0.230 e. The SMILES string of the molecule is Cc1ccc(CNC(=O)CSc2nnc(Cc3ccccc3)n2-c2ccc(Cl)cc2)cc1. The Bertz CT molecular complexity index is 1180. The summed E-state index contributed by atoms with van der Waals surface area (Å²) in [6.07, 6.45) is 0.636. The summed E-state index contributed by atoms with van der Waals surface area (Å²) < 4.78 is 1.99. The molecule has 0 atom stereocenters. The second-order valence-electron chi connectivity index (χ2n) is 7.42. The van der Waals surface area contributed by atoms with Crippen LogP contribution >= 0.6 is 23.4 Å². The maximum absolute atomic E-state index is 12.4. The van der Waals surface area contributed by atoms with E-state index in [0.717, 1.165) is 22.6 Å². The summed E-state index contributed by atoms with van der Waals surface area (Å²) in [7, 11) is 0. The van der Waals surface area contributed by atoms with E-state index in [9.17, 15) is 4.79 Å². The van der Waals surface area contributed by atoms with Crippen LogP contribution in [0.15, 0.2) is 84.0 Å². The second kappa shape index (κ2) is 10.5. The van der Waals surface area contributed by atoms with Gasteiger partial charge in [-0.2, -0.15) is 0 Å². The van der Waals surface area contributed by atoms with E-state index < -0.39 is 0 Å². The van der Waals surface area contributed by atoms with Gasteiger partial charge in [-0.3, -0.25) is 9.36 Å². The fraction of sp³-hybridized carbons (Fsp3) is 0.160. The number of carbonyl (C=O) groups is 1. The first kappa shape index (κ1) is 22.1. The van der Waals surface area contributed by atoms with E-state index in [-0.39, 0.29) is 11.7 Å². The first-order valence-corrected chi connectivity index (χ1v) is 11.6. The standard InChI is InChI=1S/C25H23ClN4OS/c1-18-7-9-20(10-8-18)16-27-24(31)17-32-25-29-28-23(15-19-5-3-2-4-6-19)30(25)22-13-11-21(26)12-14-22/h2-14H,15-17H2,1H3,(H,27,31). The Hall–Kier alpha value is -3.09. The molecule has 0 bridgehead atoms. The molecule has 3 aromatic carbocycles. The van der Waals surface area contributed by atoms with Crippen LogP contribution in [0.4, 0.5) is 0 Å². The van der Waals surface area contributed by atoms with E-state index in [1.807, 2.05) is 78.2 Å². The predicted octanol–water partition coefficient (Wildman–Crippen LogP) is 5.23. The van der Waals surface area contributed by atoms with Crippen LogP contribution in [0.2, 0.25) is 5.02 Å². The number of benzene rings is 3. The molecule has 4 aromatic rings. The molecule has 1 amide bonds. The van der Waals surface area contributed by atoms with Gasteiger partial charge in [0.1, 0.15) is 5.82 Å². The lowest BCUT2D eigenvalue weighted by Crippen LogP contribution is -2.24. The van der Waals surface area contributed by atoms with Gasteiger partial charge in [0, 0.05) is 23.7 Å². The molecule has 32 heavy (non-hydrogen) atoms. The zero-order valence-electron chi connectivity index (χ0n) is 17.7. The number of amides is 1. The Kier molecular flexibility index (Phi) is 7.24. The Balaban J connectivity index is 1.48. The number of thioether (sulfide) groups is 1. The highest BCUT2D eigenvalue weighted by Crippen LogP contribution is 2.24. The van der Waals surface area contributed by atoms with Crippen molar-refractivity contribution in [3.8, 4) is 5.69 Å². The van der Waals surface area contributed by atoms with Crippen molar-refractivity contribution < 1.29 is 4.79 Å². The zero-order chi connectivity index (χ0) is 22.3. The molecule has 0 aliphatic rings. The molecule has 0 unspecified atom stereocenters. The maximum atomic E-state index is 12.4. The number of aryl methyl sites for hydroxylation is 1. The third-order valence-corrected chi connectivity index (χ3v) is 6.11. The number of nitrogens with zero attached hydrogens (tertiary/aromatic N) is 3. The lowest BCUT2D eigenvalue weighted by atomic mass is 10.1. The Morgan fingerprint density at radius 1 is 0.938 bits per heavy atom. The van der Waals surface area contributed by atoms with Crippen molar-refractivity contribution >= 4 is 29.3 Å². The molecule has 162 valence electrons. The number of halogens is 1. The number of nitrogens with one attached hydrogen (secondary N) is 1. The molecule has 0 aliphatic carbocycles. The third kappa shape index (κ3) is 5.78. The van der Waals surface area contributed by atoms with Crippen LogP contribution in [-0.4, -0.2) is 26.4 Å². The van der Waals surface area contributed by atoms with Gasteiger partial charge in [-0.1, -0.05) is 83.5 Å². The molecule has 0 aliphatic heterocycles. The molecule has 4 rings (SSSR count). The first-order chi connectivity index (χ1) is 15.6. The van der Waals surface area contributed by atoms with Gasteiger partial charge in [0.05, 0.1) is 5.75 Å². The van der Waals surface area contributed by atoms with Crippen LogP contribution in [0.5, 0.6) is 0 Å². The molecule has 7 heteroatoms. The van der Waals surface area contributed by atoms with Crippen molar-refractivity contribution in [1.82, 2.24) is 20.1 Å².